The van der Waals surface area contributed by atoms with Crippen molar-refractivity contribution >= 4 is 11.0 Å². The first-order valence-corrected chi connectivity index (χ1v) is 6.96. The molecule has 21 heavy (non-hydrogen) atoms. The fourth-order valence-electron chi connectivity index (χ4n) is 2.71. The van der Waals surface area contributed by atoms with E-state index in [1.54, 1.807) is 0 Å². The van der Waals surface area contributed by atoms with Gasteiger partial charge in [-0.25, -0.2) is 9.48 Å². The zero-order valence-corrected chi connectivity index (χ0v) is 11.4. The summed E-state index contributed by atoms with van der Waals surface area (Å²) in [6, 6.07) is 5.82. The van der Waals surface area contributed by atoms with E-state index in [0.717, 1.165) is 41.9 Å². The second-order valence-corrected chi connectivity index (χ2v) is 5.36. The van der Waals surface area contributed by atoms with Crippen molar-refractivity contribution in [1.82, 2.24) is 25.0 Å². The van der Waals surface area contributed by atoms with E-state index >= 15 is 0 Å². The number of ether oxygens (including phenoxy) is 1. The minimum Gasteiger partial charge on any atom is -0.381 e. The summed E-state index contributed by atoms with van der Waals surface area (Å²) in [4.78, 5) is 16.8. The Labute approximate surface area is 119 Å². The van der Waals surface area contributed by atoms with E-state index in [0.29, 0.717) is 12.5 Å². The molecule has 1 atom stereocenters. The Morgan fingerprint density at radius 1 is 1.33 bits per heavy atom. The van der Waals surface area contributed by atoms with Crippen LogP contribution in [0.2, 0.25) is 0 Å². The average Bonchev–Trinajstić information content (AvgIpc) is 3.16. The van der Waals surface area contributed by atoms with Crippen LogP contribution in [0.1, 0.15) is 23.6 Å². The minimum atomic E-state index is -0.188. The number of imidazole rings is 1. The molecule has 0 radical (unpaired) electrons. The number of fused-ring (bicyclic) bond motifs is 1. The molecule has 4 rings (SSSR count). The summed E-state index contributed by atoms with van der Waals surface area (Å²) in [5.74, 6) is 0.363. The van der Waals surface area contributed by atoms with Crippen molar-refractivity contribution in [3.8, 4) is 0 Å². The number of hydrogen-bond acceptors (Lipinski definition) is 4. The first-order valence-electron chi connectivity index (χ1n) is 6.96. The molecule has 2 N–H and O–H groups in total. The number of aromatic nitrogens is 5. The quantitative estimate of drug-likeness (QED) is 0.751. The van der Waals surface area contributed by atoms with Gasteiger partial charge in [0.05, 0.1) is 29.9 Å². The number of aromatic amines is 2. The first kappa shape index (κ1) is 12.3. The highest BCUT2D eigenvalue weighted by molar-refractivity contribution is 5.74. The van der Waals surface area contributed by atoms with Crippen LogP contribution in [0.5, 0.6) is 0 Å². The smallest absolute Gasteiger partial charge is 0.323 e. The van der Waals surface area contributed by atoms with Crippen molar-refractivity contribution in [2.45, 2.75) is 18.9 Å². The molecule has 1 aromatic carbocycles. The summed E-state index contributed by atoms with van der Waals surface area (Å²) in [7, 11) is 0. The third kappa shape index (κ3) is 2.36. The predicted octanol–water partition coefficient (Wildman–Crippen LogP) is 1.000. The maximum atomic E-state index is 11.3. The van der Waals surface area contributed by atoms with E-state index < -0.39 is 0 Å². The largest absolute Gasteiger partial charge is 0.381 e. The Bertz CT molecular complexity index is 825. The summed E-state index contributed by atoms with van der Waals surface area (Å²) in [6.45, 7) is 2.16. The summed E-state index contributed by atoms with van der Waals surface area (Å²) >= 11 is 0. The van der Waals surface area contributed by atoms with Gasteiger partial charge in [0.25, 0.3) is 0 Å². The van der Waals surface area contributed by atoms with Gasteiger partial charge >= 0.3 is 5.69 Å². The highest BCUT2D eigenvalue weighted by atomic mass is 16.5. The van der Waals surface area contributed by atoms with E-state index in [1.807, 2.05) is 29.1 Å². The van der Waals surface area contributed by atoms with Gasteiger partial charge in [0.15, 0.2) is 0 Å². The van der Waals surface area contributed by atoms with Crippen molar-refractivity contribution in [1.29, 1.82) is 0 Å². The van der Waals surface area contributed by atoms with Crippen LogP contribution < -0.4 is 5.69 Å². The number of rotatable bonds is 3. The van der Waals surface area contributed by atoms with Crippen molar-refractivity contribution in [2.75, 3.05) is 13.2 Å². The maximum Gasteiger partial charge on any atom is 0.323 e. The van der Waals surface area contributed by atoms with Crippen LogP contribution in [-0.4, -0.2) is 38.2 Å². The molecule has 0 spiro atoms. The lowest BCUT2D eigenvalue weighted by molar-refractivity contribution is 0.193. The van der Waals surface area contributed by atoms with E-state index in [2.05, 4.69) is 20.3 Å². The molecule has 0 amide bonds. The van der Waals surface area contributed by atoms with Crippen molar-refractivity contribution in [2.24, 2.45) is 0 Å². The topological polar surface area (TPSA) is 88.6 Å². The van der Waals surface area contributed by atoms with Crippen molar-refractivity contribution in [3.63, 3.8) is 0 Å². The summed E-state index contributed by atoms with van der Waals surface area (Å²) in [5, 5.41) is 8.40. The first-order chi connectivity index (χ1) is 10.3. The molecule has 108 valence electrons. The average molecular weight is 285 g/mol. The van der Waals surface area contributed by atoms with Crippen LogP contribution >= 0.6 is 0 Å². The molecule has 0 saturated carbocycles. The molecule has 1 aliphatic heterocycles. The van der Waals surface area contributed by atoms with Gasteiger partial charge in [-0.1, -0.05) is 11.3 Å². The fourth-order valence-corrected chi connectivity index (χ4v) is 2.71. The van der Waals surface area contributed by atoms with Gasteiger partial charge in [0.1, 0.15) is 0 Å². The highest BCUT2D eigenvalue weighted by Gasteiger charge is 2.20. The normalized spacial score (nSPS) is 18.6. The monoisotopic (exact) mass is 285 g/mol. The molecule has 3 aromatic rings. The predicted molar refractivity (Wildman–Crippen MR) is 76.2 cm³/mol. The SMILES string of the molecule is O=c1[nH]c2ccc(Cn3cc([C@H]4CCOC4)nn3)cc2[nH]1. The van der Waals surface area contributed by atoms with Crippen molar-refractivity contribution < 1.29 is 4.74 Å². The zero-order valence-electron chi connectivity index (χ0n) is 11.4. The number of benzene rings is 1. The van der Waals surface area contributed by atoms with E-state index in [4.69, 9.17) is 4.74 Å². The molecule has 3 heterocycles. The summed E-state index contributed by atoms with van der Waals surface area (Å²) in [5.41, 5.74) is 3.49. The summed E-state index contributed by atoms with van der Waals surface area (Å²) < 4.78 is 7.19. The van der Waals surface area contributed by atoms with Gasteiger partial charge in [-0.05, 0) is 24.1 Å². The van der Waals surface area contributed by atoms with Crippen LogP contribution in [0.4, 0.5) is 0 Å². The molecule has 1 aliphatic rings. The molecule has 0 aliphatic carbocycles. The van der Waals surface area contributed by atoms with Gasteiger partial charge in [-0.15, -0.1) is 5.10 Å². The lowest BCUT2D eigenvalue weighted by Crippen LogP contribution is -2.00. The second-order valence-electron chi connectivity index (χ2n) is 5.36. The number of nitrogens with zero attached hydrogens (tertiary/aromatic N) is 3. The number of hydrogen-bond donors (Lipinski definition) is 2. The fraction of sp³-hybridized carbons (Fsp3) is 0.357. The molecule has 7 heteroatoms. The molecule has 0 unspecified atom stereocenters. The Morgan fingerprint density at radius 2 is 2.24 bits per heavy atom. The van der Waals surface area contributed by atoms with Gasteiger partial charge < -0.3 is 14.7 Å². The molecular formula is C14H15N5O2. The van der Waals surface area contributed by atoms with Gasteiger partial charge in [-0.3, -0.25) is 0 Å². The van der Waals surface area contributed by atoms with Crippen LogP contribution in [-0.2, 0) is 11.3 Å². The standard InChI is InChI=1S/C14H15N5O2/c20-14-15-11-2-1-9(5-12(11)16-14)6-19-7-13(17-18-19)10-3-4-21-8-10/h1-2,5,7,10H,3-4,6,8H2,(H2,15,16,20)/t10-/m0/s1. The number of nitrogens with one attached hydrogen (secondary N) is 2. The summed E-state index contributed by atoms with van der Waals surface area (Å²) in [6.07, 6.45) is 2.98. The molecule has 2 aromatic heterocycles. The van der Waals surface area contributed by atoms with E-state index in [9.17, 15) is 4.79 Å². The zero-order chi connectivity index (χ0) is 14.2. The third-order valence-corrected chi connectivity index (χ3v) is 3.83. The third-order valence-electron chi connectivity index (χ3n) is 3.83. The van der Waals surface area contributed by atoms with E-state index in [-0.39, 0.29) is 5.69 Å². The van der Waals surface area contributed by atoms with Gasteiger partial charge in [0, 0.05) is 18.7 Å². The molecule has 1 fully saturated rings. The Kier molecular flexibility index (Phi) is 2.85. The van der Waals surface area contributed by atoms with Crippen LogP contribution in [0.3, 0.4) is 0 Å². The second kappa shape index (κ2) is 4.85. The lowest BCUT2D eigenvalue weighted by atomic mass is 10.1. The van der Waals surface area contributed by atoms with Crippen LogP contribution in [0, 0.1) is 0 Å². The minimum absolute atomic E-state index is 0.188. The van der Waals surface area contributed by atoms with Crippen molar-refractivity contribution in [3.05, 3.63) is 46.1 Å². The van der Waals surface area contributed by atoms with Crippen LogP contribution in [0.25, 0.3) is 11.0 Å². The van der Waals surface area contributed by atoms with Gasteiger partial charge in [-0.2, -0.15) is 0 Å². The molecule has 7 nitrogen and oxygen atoms in total. The van der Waals surface area contributed by atoms with Crippen LogP contribution in [0.15, 0.2) is 29.2 Å². The maximum absolute atomic E-state index is 11.3. The Balaban J connectivity index is 1.57. The highest BCUT2D eigenvalue weighted by Crippen LogP contribution is 2.23. The van der Waals surface area contributed by atoms with E-state index in [1.165, 1.54) is 0 Å². The molecular weight excluding hydrogens is 270 g/mol. The Morgan fingerprint density at radius 3 is 3.10 bits per heavy atom. The van der Waals surface area contributed by atoms with Gasteiger partial charge in [0.2, 0.25) is 0 Å². The molecule has 0 bridgehead atoms. The number of H-pyrrole nitrogens is 2. The Hall–Kier alpha value is -2.41. The molecule has 1 saturated heterocycles. The lowest BCUT2D eigenvalue weighted by Gasteiger charge is -2.02.